The summed E-state index contributed by atoms with van der Waals surface area (Å²) in [5.74, 6) is 0.218. The van der Waals surface area contributed by atoms with Crippen LogP contribution in [-0.4, -0.2) is 27.6 Å². The van der Waals surface area contributed by atoms with Crippen LogP contribution in [0.3, 0.4) is 0 Å². The molecule has 0 radical (unpaired) electrons. The summed E-state index contributed by atoms with van der Waals surface area (Å²) >= 11 is 7.20. The van der Waals surface area contributed by atoms with Crippen molar-refractivity contribution >= 4 is 22.9 Å². The van der Waals surface area contributed by atoms with Crippen molar-refractivity contribution in [1.82, 2.24) is 9.78 Å². The lowest BCUT2D eigenvalue weighted by Crippen LogP contribution is -2.29. The normalized spacial score (nSPS) is 12.3. The Morgan fingerprint density at radius 3 is 2.83 bits per heavy atom. The van der Waals surface area contributed by atoms with Gasteiger partial charge >= 0.3 is 5.76 Å². The third-order valence-corrected chi connectivity index (χ3v) is 4.09. The van der Waals surface area contributed by atoms with Gasteiger partial charge in [0.1, 0.15) is 18.5 Å². The van der Waals surface area contributed by atoms with Crippen molar-refractivity contribution in [2.24, 2.45) is 0 Å². The van der Waals surface area contributed by atoms with Gasteiger partial charge in [0.25, 0.3) is 5.89 Å². The molecular weight excluding hydrogens is 340 g/mol. The van der Waals surface area contributed by atoms with Gasteiger partial charge in [-0.05, 0) is 35.7 Å². The molecule has 1 N–H and O–H groups in total. The Kier molecular flexibility index (Phi) is 4.80. The first kappa shape index (κ1) is 15.8. The zero-order valence-corrected chi connectivity index (χ0v) is 13.5. The van der Waals surface area contributed by atoms with Crippen LogP contribution in [0.25, 0.3) is 10.8 Å². The number of ether oxygens (including phenoxy) is 1. The largest absolute Gasteiger partial charge is 0.491 e. The van der Waals surface area contributed by atoms with Crippen LogP contribution in [0.2, 0.25) is 5.02 Å². The van der Waals surface area contributed by atoms with E-state index in [1.54, 1.807) is 30.3 Å². The Morgan fingerprint density at radius 2 is 2.13 bits per heavy atom. The molecule has 6 nitrogen and oxygen atoms in total. The highest BCUT2D eigenvalue weighted by atomic mass is 35.5. The Balaban J connectivity index is 1.60. The zero-order valence-electron chi connectivity index (χ0n) is 11.9. The molecule has 2 heterocycles. The fourth-order valence-electron chi connectivity index (χ4n) is 1.90. The van der Waals surface area contributed by atoms with Crippen LogP contribution < -0.4 is 10.5 Å². The van der Waals surface area contributed by atoms with Crippen LogP contribution >= 0.6 is 22.9 Å². The molecule has 0 amide bonds. The summed E-state index contributed by atoms with van der Waals surface area (Å²) in [5, 5.41) is 16.5. The van der Waals surface area contributed by atoms with E-state index in [2.05, 4.69) is 5.10 Å². The highest BCUT2D eigenvalue weighted by Gasteiger charge is 2.15. The molecule has 1 atom stereocenters. The van der Waals surface area contributed by atoms with Crippen LogP contribution in [-0.2, 0) is 6.54 Å². The van der Waals surface area contributed by atoms with Crippen molar-refractivity contribution in [1.29, 1.82) is 0 Å². The Labute approximate surface area is 140 Å². The van der Waals surface area contributed by atoms with Gasteiger partial charge in [-0.3, -0.25) is 0 Å². The van der Waals surface area contributed by atoms with E-state index in [1.807, 2.05) is 11.4 Å². The van der Waals surface area contributed by atoms with Gasteiger partial charge in [0.05, 0.1) is 11.4 Å². The molecule has 3 rings (SSSR count). The third-order valence-electron chi connectivity index (χ3n) is 2.98. The summed E-state index contributed by atoms with van der Waals surface area (Å²) in [4.78, 5) is 12.5. The minimum absolute atomic E-state index is 0.0126. The average Bonchev–Trinajstić information content (AvgIpc) is 3.17. The summed E-state index contributed by atoms with van der Waals surface area (Å²) in [6.07, 6.45) is -0.898. The average molecular weight is 353 g/mol. The lowest BCUT2D eigenvalue weighted by Gasteiger charge is -2.11. The minimum atomic E-state index is -0.898. The molecule has 0 aliphatic heterocycles. The highest BCUT2D eigenvalue weighted by molar-refractivity contribution is 7.13. The van der Waals surface area contributed by atoms with Gasteiger partial charge in [-0.1, -0.05) is 17.7 Å². The molecule has 8 heteroatoms. The van der Waals surface area contributed by atoms with E-state index in [0.29, 0.717) is 10.8 Å². The van der Waals surface area contributed by atoms with Crippen molar-refractivity contribution in [3.05, 3.63) is 57.4 Å². The molecule has 0 spiro atoms. The first-order valence-electron chi connectivity index (χ1n) is 6.80. The topological polar surface area (TPSA) is 77.5 Å². The number of halogens is 1. The summed E-state index contributed by atoms with van der Waals surface area (Å²) in [5.41, 5.74) is 0. The first-order valence-corrected chi connectivity index (χ1v) is 8.06. The van der Waals surface area contributed by atoms with Crippen molar-refractivity contribution in [3.8, 4) is 16.5 Å². The fraction of sp³-hybridized carbons (Fsp3) is 0.200. The van der Waals surface area contributed by atoms with Gasteiger partial charge in [-0.15, -0.1) is 16.4 Å². The monoisotopic (exact) mass is 352 g/mol. The number of aliphatic hydroxyl groups is 1. The second-order valence-corrected chi connectivity index (χ2v) is 6.14. The van der Waals surface area contributed by atoms with Crippen LogP contribution in [0.5, 0.6) is 5.75 Å². The molecule has 0 saturated heterocycles. The number of aliphatic hydroxyl groups excluding tert-OH is 1. The highest BCUT2D eigenvalue weighted by Crippen LogP contribution is 2.21. The van der Waals surface area contributed by atoms with Gasteiger partial charge in [0, 0.05) is 5.02 Å². The summed E-state index contributed by atoms with van der Waals surface area (Å²) in [6, 6.07) is 10.4. The molecule has 0 bridgehead atoms. The first-order chi connectivity index (χ1) is 11.1. The molecule has 1 unspecified atom stereocenters. The predicted octanol–water partition coefficient (Wildman–Crippen LogP) is 2.66. The standard InChI is InChI=1S/C15H13ClN2O4S/c16-10-3-5-12(6-4-10)21-9-11(19)8-18-15(20)22-14(17-18)13-2-1-7-23-13/h1-7,11,19H,8-9H2. The molecule has 3 aromatic rings. The van der Waals surface area contributed by atoms with Gasteiger partial charge in [0.2, 0.25) is 0 Å². The minimum Gasteiger partial charge on any atom is -0.491 e. The van der Waals surface area contributed by atoms with Gasteiger partial charge in [0.15, 0.2) is 0 Å². The smallest absolute Gasteiger partial charge is 0.437 e. The lowest BCUT2D eigenvalue weighted by atomic mass is 10.3. The fourth-order valence-corrected chi connectivity index (χ4v) is 2.67. The van der Waals surface area contributed by atoms with Crippen LogP contribution in [0.1, 0.15) is 0 Å². The van der Waals surface area contributed by atoms with E-state index >= 15 is 0 Å². The van der Waals surface area contributed by atoms with Gasteiger partial charge in [-0.25, -0.2) is 4.79 Å². The van der Waals surface area contributed by atoms with Crippen LogP contribution in [0, 0.1) is 0 Å². The number of benzene rings is 1. The van der Waals surface area contributed by atoms with Crippen molar-refractivity contribution in [2.45, 2.75) is 12.6 Å². The van der Waals surface area contributed by atoms with E-state index in [0.717, 1.165) is 9.56 Å². The van der Waals surface area contributed by atoms with Crippen LogP contribution in [0.15, 0.2) is 51.0 Å². The molecule has 23 heavy (non-hydrogen) atoms. The number of nitrogens with zero attached hydrogens (tertiary/aromatic N) is 2. The zero-order chi connectivity index (χ0) is 16.2. The van der Waals surface area contributed by atoms with E-state index in [1.165, 1.54) is 11.3 Å². The van der Waals surface area contributed by atoms with Gasteiger partial charge in [-0.2, -0.15) is 4.68 Å². The Morgan fingerprint density at radius 1 is 1.35 bits per heavy atom. The molecule has 120 valence electrons. The molecule has 0 aliphatic rings. The molecule has 0 aliphatic carbocycles. The molecule has 0 saturated carbocycles. The predicted molar refractivity (Wildman–Crippen MR) is 87.0 cm³/mol. The SMILES string of the molecule is O=c1oc(-c2cccs2)nn1CC(O)COc1ccc(Cl)cc1. The number of aromatic nitrogens is 2. The van der Waals surface area contributed by atoms with Crippen LogP contribution in [0.4, 0.5) is 0 Å². The molecule has 0 fully saturated rings. The maximum absolute atomic E-state index is 11.8. The van der Waals surface area contributed by atoms with Gasteiger partial charge < -0.3 is 14.3 Å². The lowest BCUT2D eigenvalue weighted by molar-refractivity contribution is 0.0875. The Hall–Kier alpha value is -2.09. The number of thiophene rings is 1. The second kappa shape index (κ2) is 6.99. The van der Waals surface area contributed by atoms with E-state index in [4.69, 9.17) is 20.8 Å². The Bertz CT molecular complexity index is 811. The third kappa shape index (κ3) is 4.01. The molecular formula is C15H13ClN2O4S. The molecule has 2 aromatic heterocycles. The van der Waals surface area contributed by atoms with E-state index < -0.39 is 11.9 Å². The van der Waals surface area contributed by atoms with Crippen molar-refractivity contribution in [3.63, 3.8) is 0 Å². The van der Waals surface area contributed by atoms with Crippen molar-refractivity contribution < 1.29 is 14.3 Å². The number of hydrogen-bond acceptors (Lipinski definition) is 6. The quantitative estimate of drug-likeness (QED) is 0.738. The van der Waals surface area contributed by atoms with Crippen molar-refractivity contribution in [2.75, 3.05) is 6.61 Å². The van der Waals surface area contributed by atoms with E-state index in [9.17, 15) is 9.90 Å². The summed E-state index contributed by atoms with van der Waals surface area (Å²) in [7, 11) is 0. The summed E-state index contributed by atoms with van der Waals surface area (Å²) < 4.78 is 11.6. The number of rotatable bonds is 6. The maximum atomic E-state index is 11.8. The summed E-state index contributed by atoms with van der Waals surface area (Å²) in [6.45, 7) is 0.0105. The van der Waals surface area contributed by atoms with E-state index in [-0.39, 0.29) is 19.0 Å². The number of hydrogen-bond donors (Lipinski definition) is 1. The maximum Gasteiger partial charge on any atom is 0.437 e. The second-order valence-electron chi connectivity index (χ2n) is 4.75. The molecule has 1 aromatic carbocycles.